The molecule has 6 N–H and O–H groups in total. The van der Waals surface area contributed by atoms with Gasteiger partial charge in [-0.05, 0) is 25.8 Å². The Morgan fingerprint density at radius 1 is 1.30 bits per heavy atom. The minimum atomic E-state index is -0.966. The van der Waals surface area contributed by atoms with Gasteiger partial charge in [0, 0.05) is 5.97 Å². The zero-order chi connectivity index (χ0) is 7.11. The van der Waals surface area contributed by atoms with E-state index in [4.69, 9.17) is 5.73 Å². The van der Waals surface area contributed by atoms with Gasteiger partial charge in [-0.1, -0.05) is 6.42 Å². The Bertz CT molecular complexity index is 85.8. The van der Waals surface area contributed by atoms with Gasteiger partial charge in [0.15, 0.2) is 0 Å². The molecule has 0 aliphatic heterocycles. The van der Waals surface area contributed by atoms with Gasteiger partial charge in [0.2, 0.25) is 0 Å². The van der Waals surface area contributed by atoms with Crippen LogP contribution in [0.3, 0.4) is 0 Å². The molecule has 4 nitrogen and oxygen atoms in total. The van der Waals surface area contributed by atoms with E-state index in [-0.39, 0.29) is 12.6 Å². The number of aliphatic carboxylic acids is 1. The molecular formula is C6H16N2O2. The molecule has 0 rings (SSSR count). The van der Waals surface area contributed by atoms with Gasteiger partial charge in [0.25, 0.3) is 0 Å². The molecule has 10 heavy (non-hydrogen) atoms. The van der Waals surface area contributed by atoms with Gasteiger partial charge in [-0.3, -0.25) is 0 Å². The summed E-state index contributed by atoms with van der Waals surface area (Å²) in [4.78, 5) is 9.82. The van der Waals surface area contributed by atoms with Crippen molar-refractivity contribution in [2.24, 2.45) is 5.73 Å². The molecule has 0 bridgehead atoms. The highest BCUT2D eigenvalue weighted by Gasteiger charge is 1.86. The highest BCUT2D eigenvalue weighted by Crippen LogP contribution is 1.96. The molecule has 0 aromatic rings. The smallest absolute Gasteiger partial charge is 0.0414 e. The van der Waals surface area contributed by atoms with E-state index in [1.165, 1.54) is 0 Å². The minimum Gasteiger partial charge on any atom is -0.550 e. The van der Waals surface area contributed by atoms with Crippen LogP contribution in [0.5, 0.6) is 0 Å². The highest BCUT2D eigenvalue weighted by atomic mass is 16.4. The first-order valence-corrected chi connectivity index (χ1v) is 3.17. The molecule has 0 aromatic heterocycles. The predicted octanol–water partition coefficient (Wildman–Crippen LogP) is -0.368. The first-order valence-electron chi connectivity index (χ1n) is 3.17. The number of hydrogen-bond donors (Lipinski definition) is 2. The summed E-state index contributed by atoms with van der Waals surface area (Å²) in [6.45, 7) is 0.646. The maximum Gasteiger partial charge on any atom is 0.0414 e. The van der Waals surface area contributed by atoms with Crippen LogP contribution in [0.2, 0.25) is 0 Å². The summed E-state index contributed by atoms with van der Waals surface area (Å²) in [5, 5.41) is 9.82. The maximum absolute atomic E-state index is 9.82. The Morgan fingerprint density at radius 2 is 1.90 bits per heavy atom. The van der Waals surface area contributed by atoms with Gasteiger partial charge in [-0.2, -0.15) is 0 Å². The molecule has 4 heteroatoms. The minimum absolute atomic E-state index is 0. The third kappa shape index (κ3) is 10.4. The van der Waals surface area contributed by atoms with Crippen LogP contribution in [0.4, 0.5) is 0 Å². The Morgan fingerprint density at radius 3 is 2.30 bits per heavy atom. The molecule has 0 fully saturated rings. The lowest BCUT2D eigenvalue weighted by Crippen LogP contribution is -2.21. The van der Waals surface area contributed by atoms with E-state index in [2.05, 4.69) is 0 Å². The summed E-state index contributed by atoms with van der Waals surface area (Å²) >= 11 is 0. The normalized spacial score (nSPS) is 8.50. The van der Waals surface area contributed by atoms with Gasteiger partial charge < -0.3 is 21.8 Å². The zero-order valence-corrected chi connectivity index (χ0v) is 6.43. The van der Waals surface area contributed by atoms with Crippen molar-refractivity contribution in [1.29, 1.82) is 0 Å². The maximum atomic E-state index is 9.82. The highest BCUT2D eigenvalue weighted by molar-refractivity contribution is 5.63. The van der Waals surface area contributed by atoms with Crippen LogP contribution in [0.1, 0.15) is 25.7 Å². The SMILES string of the molecule is NCCCCCC(=O)[O-].[NH4+]. The number of hydrogen-bond acceptors (Lipinski definition) is 3. The van der Waals surface area contributed by atoms with E-state index < -0.39 is 5.97 Å². The quantitative estimate of drug-likeness (QED) is 0.520. The van der Waals surface area contributed by atoms with Gasteiger partial charge in [0.1, 0.15) is 0 Å². The second kappa shape index (κ2) is 8.39. The van der Waals surface area contributed by atoms with Crippen LogP contribution in [0.15, 0.2) is 0 Å². The third-order valence-electron chi connectivity index (χ3n) is 1.09. The van der Waals surface area contributed by atoms with Crippen molar-refractivity contribution in [3.05, 3.63) is 0 Å². The molecule has 0 saturated carbocycles. The van der Waals surface area contributed by atoms with Crippen molar-refractivity contribution in [1.82, 2.24) is 6.15 Å². The standard InChI is InChI=1S/C6H13NO2.H3N/c7-5-3-1-2-4-6(8)9;/h1-5,7H2,(H,8,9);1H3. The van der Waals surface area contributed by atoms with E-state index in [1.807, 2.05) is 0 Å². The molecule has 62 valence electrons. The van der Waals surface area contributed by atoms with Crippen molar-refractivity contribution in [2.45, 2.75) is 25.7 Å². The van der Waals surface area contributed by atoms with Crippen LogP contribution in [0.25, 0.3) is 0 Å². The second-order valence-corrected chi connectivity index (χ2v) is 1.97. The summed E-state index contributed by atoms with van der Waals surface area (Å²) in [7, 11) is 0. The van der Waals surface area contributed by atoms with Crippen molar-refractivity contribution in [3.8, 4) is 0 Å². The Labute approximate surface area is 61.0 Å². The van der Waals surface area contributed by atoms with Crippen LogP contribution in [-0.4, -0.2) is 12.5 Å². The molecule has 0 radical (unpaired) electrons. The summed E-state index contributed by atoms with van der Waals surface area (Å²) in [6, 6.07) is 0. The average Bonchev–Trinajstić information content (AvgIpc) is 1.80. The topological polar surface area (TPSA) is 103 Å². The first-order chi connectivity index (χ1) is 4.27. The Hall–Kier alpha value is -0.610. The second-order valence-electron chi connectivity index (χ2n) is 1.97. The number of carboxylic acids is 1. The number of carbonyl (C=O) groups is 1. The summed E-state index contributed by atoms with van der Waals surface area (Å²) in [6.07, 6.45) is 2.66. The number of unbranched alkanes of at least 4 members (excludes halogenated alkanes) is 2. The molecule has 0 aliphatic carbocycles. The Balaban J connectivity index is 0. The number of nitrogens with two attached hydrogens (primary N) is 1. The van der Waals surface area contributed by atoms with Crippen LogP contribution < -0.4 is 17.0 Å². The lowest BCUT2D eigenvalue weighted by Gasteiger charge is -1.99. The van der Waals surface area contributed by atoms with Crippen LogP contribution in [-0.2, 0) is 4.79 Å². The number of rotatable bonds is 5. The third-order valence-corrected chi connectivity index (χ3v) is 1.09. The molecule has 0 aliphatic rings. The molecule has 0 spiro atoms. The van der Waals surface area contributed by atoms with Gasteiger partial charge >= 0.3 is 0 Å². The summed E-state index contributed by atoms with van der Waals surface area (Å²) in [5.74, 6) is -0.966. The lowest BCUT2D eigenvalue weighted by atomic mass is 10.2. The van der Waals surface area contributed by atoms with Crippen molar-refractivity contribution < 1.29 is 9.90 Å². The molecule has 0 heterocycles. The fraction of sp³-hybridized carbons (Fsp3) is 0.833. The molecule has 0 saturated heterocycles. The average molecular weight is 148 g/mol. The van der Waals surface area contributed by atoms with Crippen molar-refractivity contribution in [2.75, 3.05) is 6.54 Å². The first kappa shape index (κ1) is 12.1. The molecule has 0 unspecified atom stereocenters. The monoisotopic (exact) mass is 148 g/mol. The van der Waals surface area contributed by atoms with E-state index in [1.54, 1.807) is 0 Å². The predicted molar refractivity (Wildman–Crippen MR) is 38.5 cm³/mol. The fourth-order valence-electron chi connectivity index (χ4n) is 0.590. The molecule has 0 aromatic carbocycles. The largest absolute Gasteiger partial charge is 0.550 e. The van der Waals surface area contributed by atoms with E-state index in [0.717, 1.165) is 12.8 Å². The number of carboxylic acid groups (broad SMARTS) is 1. The lowest BCUT2D eigenvalue weighted by molar-refractivity contribution is -0.305. The van der Waals surface area contributed by atoms with E-state index in [9.17, 15) is 9.90 Å². The van der Waals surface area contributed by atoms with Gasteiger partial charge in [-0.15, -0.1) is 0 Å². The Kier molecular flexibility index (Phi) is 10.2. The van der Waals surface area contributed by atoms with Crippen molar-refractivity contribution >= 4 is 5.97 Å². The van der Waals surface area contributed by atoms with Gasteiger partial charge in [0.05, 0.1) is 0 Å². The van der Waals surface area contributed by atoms with E-state index in [0.29, 0.717) is 13.0 Å². The summed E-state index contributed by atoms with van der Waals surface area (Å²) < 4.78 is 0. The van der Waals surface area contributed by atoms with Crippen molar-refractivity contribution in [3.63, 3.8) is 0 Å². The van der Waals surface area contributed by atoms with Crippen LogP contribution in [0, 0.1) is 0 Å². The van der Waals surface area contributed by atoms with Gasteiger partial charge in [-0.25, -0.2) is 0 Å². The molecule has 0 atom stereocenters. The number of carbonyl (C=O) groups excluding carboxylic acids is 1. The molecule has 0 amide bonds. The summed E-state index contributed by atoms with van der Waals surface area (Å²) in [5.41, 5.74) is 5.18. The van der Waals surface area contributed by atoms with E-state index >= 15 is 0 Å². The fourth-order valence-corrected chi connectivity index (χ4v) is 0.590. The zero-order valence-electron chi connectivity index (χ0n) is 6.43. The number of quaternary nitrogens is 1. The molecular weight excluding hydrogens is 132 g/mol. The van der Waals surface area contributed by atoms with Crippen LogP contribution >= 0.6 is 0 Å².